The van der Waals surface area contributed by atoms with E-state index in [1.165, 1.54) is 16.9 Å². The van der Waals surface area contributed by atoms with Crippen molar-refractivity contribution in [2.75, 3.05) is 18.5 Å². The topological polar surface area (TPSA) is 99.2 Å². The molecule has 1 amide bonds. The van der Waals surface area contributed by atoms with Crippen LogP contribution in [0.3, 0.4) is 0 Å². The third-order valence-electron chi connectivity index (χ3n) is 4.63. The zero-order valence-corrected chi connectivity index (χ0v) is 15.4. The summed E-state index contributed by atoms with van der Waals surface area (Å²) in [4.78, 5) is 15.8. The normalized spacial score (nSPS) is 15.7. The molecule has 1 aliphatic rings. The number of tetrazole rings is 1. The molecule has 0 spiro atoms. The quantitative estimate of drug-likeness (QED) is 0.522. The largest absolute Gasteiger partial charge is 0.337 e. The Morgan fingerprint density at radius 3 is 2.67 bits per heavy atom. The fourth-order valence-electron chi connectivity index (χ4n) is 3.23. The van der Waals surface area contributed by atoms with E-state index in [0.29, 0.717) is 30.7 Å². The number of aromatic nitrogens is 4. The standard InChI is InChI=1S/C18H19N7OS/c26-17(25-10-8-14(9-11-25)13-5-2-1-3-6-13)16(15-7-4-12-27-15)19-20-18-21-23-24-22-18/h1-7,12,14H,8-11H2,(H2,20,21,22,23,24). The lowest BCUT2D eigenvalue weighted by Crippen LogP contribution is -2.42. The molecule has 0 radical (unpaired) electrons. The molecule has 1 saturated heterocycles. The fourth-order valence-corrected chi connectivity index (χ4v) is 3.93. The minimum atomic E-state index is -0.0797. The summed E-state index contributed by atoms with van der Waals surface area (Å²) in [6.45, 7) is 1.43. The highest BCUT2D eigenvalue weighted by Gasteiger charge is 2.27. The van der Waals surface area contributed by atoms with Crippen LogP contribution in [0.25, 0.3) is 0 Å². The molecule has 2 aromatic heterocycles. The molecule has 0 saturated carbocycles. The SMILES string of the molecule is O=C(C(=NNc1nnn[nH]1)c1cccs1)N1CCC(c2ccccc2)CC1. The number of likely N-dealkylation sites (tertiary alicyclic amines) is 1. The molecule has 1 aliphatic heterocycles. The number of anilines is 1. The molecule has 0 aliphatic carbocycles. The molecule has 4 rings (SSSR count). The maximum Gasteiger partial charge on any atom is 0.275 e. The highest BCUT2D eigenvalue weighted by atomic mass is 32.1. The zero-order chi connectivity index (χ0) is 18.5. The van der Waals surface area contributed by atoms with Crippen LogP contribution in [-0.2, 0) is 4.79 Å². The molecule has 1 aromatic carbocycles. The number of rotatable bonds is 5. The van der Waals surface area contributed by atoms with Gasteiger partial charge in [-0.15, -0.1) is 11.3 Å². The van der Waals surface area contributed by atoms with E-state index in [4.69, 9.17) is 0 Å². The van der Waals surface area contributed by atoms with Gasteiger partial charge in [-0.25, -0.2) is 10.5 Å². The number of hydrogen-bond acceptors (Lipinski definition) is 7. The van der Waals surface area contributed by atoms with E-state index < -0.39 is 0 Å². The average Bonchev–Trinajstić information content (AvgIpc) is 3.43. The second-order valence-electron chi connectivity index (χ2n) is 6.28. The second-order valence-corrected chi connectivity index (χ2v) is 7.22. The third-order valence-corrected chi connectivity index (χ3v) is 5.51. The summed E-state index contributed by atoms with van der Waals surface area (Å²) in [6.07, 6.45) is 1.90. The molecule has 0 atom stereocenters. The van der Waals surface area contributed by atoms with Gasteiger partial charge in [0.2, 0.25) is 0 Å². The Balaban J connectivity index is 1.47. The lowest BCUT2D eigenvalue weighted by molar-refractivity contribution is -0.125. The van der Waals surface area contributed by atoms with Crippen molar-refractivity contribution in [3.63, 3.8) is 0 Å². The van der Waals surface area contributed by atoms with Crippen molar-refractivity contribution in [2.45, 2.75) is 18.8 Å². The first-order valence-electron chi connectivity index (χ1n) is 8.77. The van der Waals surface area contributed by atoms with Crippen LogP contribution in [0.5, 0.6) is 0 Å². The molecule has 3 aromatic rings. The van der Waals surface area contributed by atoms with Crippen molar-refractivity contribution in [1.82, 2.24) is 25.5 Å². The van der Waals surface area contributed by atoms with E-state index in [-0.39, 0.29) is 5.91 Å². The van der Waals surface area contributed by atoms with Crippen LogP contribution in [0.2, 0.25) is 0 Å². The van der Waals surface area contributed by atoms with E-state index in [1.54, 1.807) is 0 Å². The van der Waals surface area contributed by atoms with Crippen LogP contribution < -0.4 is 5.43 Å². The number of nitrogens with zero attached hydrogens (tertiary/aromatic N) is 5. The summed E-state index contributed by atoms with van der Waals surface area (Å²) >= 11 is 1.48. The second kappa shape index (κ2) is 8.09. The third kappa shape index (κ3) is 4.03. The van der Waals surface area contributed by atoms with Crippen LogP contribution in [0.4, 0.5) is 5.95 Å². The predicted molar refractivity (Wildman–Crippen MR) is 104 cm³/mol. The number of amides is 1. The first-order valence-corrected chi connectivity index (χ1v) is 9.65. The average molecular weight is 381 g/mol. The van der Waals surface area contributed by atoms with E-state index in [1.807, 2.05) is 28.5 Å². The van der Waals surface area contributed by atoms with Crippen molar-refractivity contribution in [1.29, 1.82) is 0 Å². The summed E-state index contributed by atoms with van der Waals surface area (Å²) in [6, 6.07) is 14.3. The summed E-state index contributed by atoms with van der Waals surface area (Å²) in [5.74, 6) is 0.708. The lowest BCUT2D eigenvalue weighted by atomic mass is 9.89. The smallest absolute Gasteiger partial charge is 0.275 e. The summed E-state index contributed by atoms with van der Waals surface area (Å²) in [5.41, 5.74) is 4.44. The van der Waals surface area contributed by atoms with Crippen molar-refractivity contribution in [2.24, 2.45) is 5.10 Å². The Morgan fingerprint density at radius 2 is 2.00 bits per heavy atom. The predicted octanol–water partition coefficient (Wildman–Crippen LogP) is 2.48. The fraction of sp³-hybridized carbons (Fsp3) is 0.278. The highest BCUT2D eigenvalue weighted by Crippen LogP contribution is 2.28. The molecule has 138 valence electrons. The van der Waals surface area contributed by atoms with Gasteiger partial charge in [-0.1, -0.05) is 41.5 Å². The molecular formula is C18H19N7OS. The molecule has 3 heterocycles. The van der Waals surface area contributed by atoms with Gasteiger partial charge in [0.05, 0.1) is 4.88 Å². The molecule has 8 nitrogen and oxygen atoms in total. The first-order chi connectivity index (χ1) is 13.3. The van der Waals surface area contributed by atoms with Gasteiger partial charge in [-0.3, -0.25) is 4.79 Å². The molecule has 0 unspecified atom stereocenters. The van der Waals surface area contributed by atoms with Gasteiger partial charge in [0, 0.05) is 13.1 Å². The van der Waals surface area contributed by atoms with Crippen molar-refractivity contribution in [3.8, 4) is 0 Å². The van der Waals surface area contributed by atoms with Gasteiger partial charge in [-0.05, 0) is 46.2 Å². The van der Waals surface area contributed by atoms with Crippen LogP contribution in [-0.4, -0.2) is 50.2 Å². The summed E-state index contributed by atoms with van der Waals surface area (Å²) in [5, 5.41) is 19.5. The summed E-state index contributed by atoms with van der Waals surface area (Å²) in [7, 11) is 0. The molecule has 27 heavy (non-hydrogen) atoms. The Hall–Kier alpha value is -3.07. The van der Waals surface area contributed by atoms with Gasteiger partial charge in [0.15, 0.2) is 5.71 Å². The van der Waals surface area contributed by atoms with Crippen molar-refractivity contribution in [3.05, 3.63) is 58.3 Å². The van der Waals surface area contributed by atoms with Crippen molar-refractivity contribution >= 4 is 28.9 Å². The number of hydrogen-bond donors (Lipinski definition) is 2. The molecule has 2 N–H and O–H groups in total. The lowest BCUT2D eigenvalue weighted by Gasteiger charge is -2.32. The number of carbonyl (C=O) groups excluding carboxylic acids is 1. The Labute approximate surface area is 160 Å². The van der Waals surface area contributed by atoms with Crippen LogP contribution in [0.1, 0.15) is 29.2 Å². The van der Waals surface area contributed by atoms with Gasteiger partial charge in [0.25, 0.3) is 11.9 Å². The number of hydrazone groups is 1. The maximum atomic E-state index is 13.1. The number of benzene rings is 1. The van der Waals surface area contributed by atoms with Gasteiger partial charge < -0.3 is 4.90 Å². The maximum absolute atomic E-state index is 13.1. The number of thiophene rings is 1. The van der Waals surface area contributed by atoms with Gasteiger partial charge in [-0.2, -0.15) is 5.10 Å². The van der Waals surface area contributed by atoms with Crippen LogP contribution >= 0.6 is 11.3 Å². The van der Waals surface area contributed by atoms with E-state index in [2.05, 4.69) is 55.4 Å². The Kier molecular flexibility index (Phi) is 5.20. The Bertz CT molecular complexity index is 885. The summed E-state index contributed by atoms with van der Waals surface area (Å²) < 4.78 is 0. The van der Waals surface area contributed by atoms with E-state index >= 15 is 0 Å². The molecule has 1 fully saturated rings. The van der Waals surface area contributed by atoms with Crippen molar-refractivity contribution < 1.29 is 4.79 Å². The minimum absolute atomic E-state index is 0.0797. The van der Waals surface area contributed by atoms with Gasteiger partial charge in [0.1, 0.15) is 0 Å². The number of nitrogens with one attached hydrogen (secondary N) is 2. The minimum Gasteiger partial charge on any atom is -0.337 e. The zero-order valence-electron chi connectivity index (χ0n) is 14.6. The van der Waals surface area contributed by atoms with Crippen LogP contribution in [0.15, 0.2) is 52.9 Å². The number of aromatic amines is 1. The number of piperidine rings is 1. The molecular weight excluding hydrogens is 362 g/mol. The number of H-pyrrole nitrogens is 1. The monoisotopic (exact) mass is 381 g/mol. The molecule has 9 heteroatoms. The van der Waals surface area contributed by atoms with Crippen LogP contribution in [0, 0.1) is 0 Å². The van der Waals surface area contributed by atoms with Gasteiger partial charge >= 0.3 is 0 Å². The Morgan fingerprint density at radius 1 is 1.19 bits per heavy atom. The highest BCUT2D eigenvalue weighted by molar-refractivity contribution is 7.13. The first kappa shape index (κ1) is 17.3. The van der Waals surface area contributed by atoms with E-state index in [0.717, 1.165) is 17.7 Å². The number of carbonyl (C=O) groups is 1. The van der Waals surface area contributed by atoms with E-state index in [9.17, 15) is 4.79 Å². The molecule has 0 bridgehead atoms.